The second-order valence-electron chi connectivity index (χ2n) is 7.67. The van der Waals surface area contributed by atoms with Crippen LogP contribution in [-0.4, -0.2) is 40.7 Å². The summed E-state index contributed by atoms with van der Waals surface area (Å²) in [5, 5.41) is 10.7. The molecule has 0 spiro atoms. The third kappa shape index (κ3) is 8.22. The Kier molecular flexibility index (Phi) is 11.1. The number of nitrogens with zero attached hydrogens (tertiary/aromatic N) is 4. The maximum absolute atomic E-state index is 5.30. The van der Waals surface area contributed by atoms with Gasteiger partial charge in [-0.25, -0.2) is 0 Å². The van der Waals surface area contributed by atoms with Crippen molar-refractivity contribution in [1.82, 2.24) is 25.8 Å². The first kappa shape index (κ1) is 25.8. The lowest BCUT2D eigenvalue weighted by Crippen LogP contribution is -2.38. The molecular weight excluding hydrogens is 515 g/mol. The van der Waals surface area contributed by atoms with Crippen LogP contribution in [0.3, 0.4) is 0 Å². The minimum Gasteiger partial charge on any atom is -0.357 e. The Morgan fingerprint density at radius 1 is 1.06 bits per heavy atom. The maximum atomic E-state index is 5.30. The lowest BCUT2D eigenvalue weighted by molar-refractivity contribution is 0.421. The molecule has 0 amide bonds. The van der Waals surface area contributed by atoms with Gasteiger partial charge in [0.15, 0.2) is 11.8 Å². The lowest BCUT2D eigenvalue weighted by atomic mass is 10.0. The number of aromatic nitrogens is 3. The van der Waals surface area contributed by atoms with Crippen LogP contribution in [0.15, 0.2) is 58.2 Å². The third-order valence-corrected chi connectivity index (χ3v) is 4.88. The number of pyridine rings is 1. The van der Waals surface area contributed by atoms with Crippen LogP contribution < -0.4 is 10.6 Å². The fourth-order valence-corrected chi connectivity index (χ4v) is 3.13. The number of benzene rings is 1. The molecule has 0 aliphatic heterocycles. The van der Waals surface area contributed by atoms with E-state index < -0.39 is 0 Å². The van der Waals surface area contributed by atoms with E-state index in [1.54, 1.807) is 6.20 Å². The number of halogens is 1. The van der Waals surface area contributed by atoms with E-state index in [-0.39, 0.29) is 24.0 Å². The average Bonchev–Trinajstić information content (AvgIpc) is 3.26. The third-order valence-electron chi connectivity index (χ3n) is 4.88. The molecule has 2 heterocycles. The quantitative estimate of drug-likeness (QED) is 0.167. The van der Waals surface area contributed by atoms with Gasteiger partial charge in [-0.1, -0.05) is 49.3 Å². The first-order valence-electron chi connectivity index (χ1n) is 11.0. The Balaban J connectivity index is 0.00000363. The highest BCUT2D eigenvalue weighted by atomic mass is 127. The molecule has 172 valence electrons. The summed E-state index contributed by atoms with van der Waals surface area (Å²) in [7, 11) is 0. The number of rotatable bonds is 10. The van der Waals surface area contributed by atoms with Crippen LogP contribution in [0.1, 0.15) is 50.1 Å². The van der Waals surface area contributed by atoms with Crippen molar-refractivity contribution in [3.63, 3.8) is 0 Å². The van der Waals surface area contributed by atoms with E-state index >= 15 is 0 Å². The predicted octanol–water partition coefficient (Wildman–Crippen LogP) is 4.60. The monoisotopic (exact) mass is 548 g/mol. The largest absolute Gasteiger partial charge is 0.357 e. The summed E-state index contributed by atoms with van der Waals surface area (Å²) in [6.45, 7) is 8.76. The molecule has 0 aliphatic rings. The summed E-state index contributed by atoms with van der Waals surface area (Å²) in [6.07, 6.45) is 4.39. The second kappa shape index (κ2) is 13.8. The summed E-state index contributed by atoms with van der Waals surface area (Å²) < 4.78 is 5.30. The number of hydrogen-bond acceptors (Lipinski definition) is 5. The molecule has 1 aromatic carbocycles. The molecule has 0 saturated carbocycles. The van der Waals surface area contributed by atoms with Crippen LogP contribution in [-0.2, 0) is 12.8 Å². The van der Waals surface area contributed by atoms with Crippen LogP contribution >= 0.6 is 24.0 Å². The van der Waals surface area contributed by atoms with Crippen molar-refractivity contribution in [2.45, 2.75) is 46.0 Å². The Hall–Kier alpha value is -2.49. The van der Waals surface area contributed by atoms with Crippen LogP contribution in [0.25, 0.3) is 11.6 Å². The molecule has 0 atom stereocenters. The number of hydrogen-bond donors (Lipinski definition) is 2. The van der Waals surface area contributed by atoms with Crippen molar-refractivity contribution in [2.75, 3.05) is 19.6 Å². The number of nitrogens with one attached hydrogen (secondary N) is 2. The average molecular weight is 548 g/mol. The molecule has 3 rings (SSSR count). The summed E-state index contributed by atoms with van der Waals surface area (Å²) in [5.41, 5.74) is 3.43. The van der Waals surface area contributed by atoms with Crippen molar-refractivity contribution in [1.29, 1.82) is 0 Å². The van der Waals surface area contributed by atoms with Crippen LogP contribution in [0.4, 0.5) is 0 Å². The van der Waals surface area contributed by atoms with E-state index in [9.17, 15) is 0 Å². The molecule has 32 heavy (non-hydrogen) atoms. The topological polar surface area (TPSA) is 88.2 Å². The Morgan fingerprint density at radius 2 is 1.88 bits per heavy atom. The van der Waals surface area contributed by atoms with Crippen LogP contribution in [0.5, 0.6) is 0 Å². The van der Waals surface area contributed by atoms with Gasteiger partial charge in [-0.15, -0.1) is 24.0 Å². The minimum absolute atomic E-state index is 0. The highest BCUT2D eigenvalue weighted by Gasteiger charge is 2.09. The van der Waals surface area contributed by atoms with E-state index in [0.29, 0.717) is 36.3 Å². The number of guanidine groups is 1. The van der Waals surface area contributed by atoms with Gasteiger partial charge < -0.3 is 15.2 Å². The van der Waals surface area contributed by atoms with E-state index in [2.05, 4.69) is 75.8 Å². The van der Waals surface area contributed by atoms with E-state index in [0.717, 1.165) is 31.9 Å². The molecule has 0 unspecified atom stereocenters. The van der Waals surface area contributed by atoms with Gasteiger partial charge in [0.1, 0.15) is 5.69 Å². The zero-order valence-electron chi connectivity index (χ0n) is 19.0. The Labute approximate surface area is 207 Å². The van der Waals surface area contributed by atoms with Crippen molar-refractivity contribution >= 4 is 29.9 Å². The van der Waals surface area contributed by atoms with Crippen LogP contribution in [0.2, 0.25) is 0 Å². The molecular formula is C24H33IN6O. The molecule has 0 aliphatic carbocycles. The smallest absolute Gasteiger partial charge is 0.276 e. The van der Waals surface area contributed by atoms with Crippen molar-refractivity contribution in [3.8, 4) is 11.6 Å². The van der Waals surface area contributed by atoms with E-state index in [4.69, 9.17) is 4.52 Å². The highest BCUT2D eigenvalue weighted by Crippen LogP contribution is 2.15. The summed E-state index contributed by atoms with van der Waals surface area (Å²) in [5.74, 6) is 2.47. The van der Waals surface area contributed by atoms with Crippen molar-refractivity contribution in [3.05, 3.63) is 65.6 Å². The molecule has 0 radical (unpaired) electrons. The first-order valence-corrected chi connectivity index (χ1v) is 11.0. The van der Waals surface area contributed by atoms with Crippen molar-refractivity contribution < 1.29 is 4.52 Å². The van der Waals surface area contributed by atoms with E-state index in [1.165, 1.54) is 11.1 Å². The van der Waals surface area contributed by atoms with Gasteiger partial charge >= 0.3 is 0 Å². The zero-order valence-corrected chi connectivity index (χ0v) is 21.4. The molecule has 3 aromatic rings. The summed E-state index contributed by atoms with van der Waals surface area (Å²) in [6, 6.07) is 14.5. The van der Waals surface area contributed by atoms with Gasteiger partial charge in [0.2, 0.25) is 0 Å². The predicted molar refractivity (Wildman–Crippen MR) is 139 cm³/mol. The van der Waals surface area contributed by atoms with Crippen LogP contribution in [0, 0.1) is 0 Å². The summed E-state index contributed by atoms with van der Waals surface area (Å²) in [4.78, 5) is 13.3. The lowest BCUT2D eigenvalue weighted by Gasteiger charge is -2.10. The van der Waals surface area contributed by atoms with Gasteiger partial charge in [-0.2, -0.15) is 4.98 Å². The highest BCUT2D eigenvalue weighted by molar-refractivity contribution is 14.0. The molecule has 2 aromatic heterocycles. The SMILES string of the molecule is CCNC(=NCCCc1ccc(C(C)C)cc1)NCCc1noc(-c2ccccn2)n1.I. The van der Waals surface area contributed by atoms with Gasteiger partial charge in [-0.3, -0.25) is 9.98 Å². The maximum Gasteiger partial charge on any atom is 0.276 e. The second-order valence-corrected chi connectivity index (χ2v) is 7.67. The molecule has 8 heteroatoms. The van der Waals surface area contributed by atoms with Gasteiger partial charge in [-0.05, 0) is 48.9 Å². The molecule has 0 saturated heterocycles. The fraction of sp³-hybridized carbons (Fsp3) is 0.417. The number of aryl methyl sites for hydroxylation is 1. The number of aliphatic imine (C=N–C) groups is 1. The van der Waals surface area contributed by atoms with E-state index in [1.807, 2.05) is 18.2 Å². The first-order chi connectivity index (χ1) is 15.2. The normalized spacial score (nSPS) is 11.3. The van der Waals surface area contributed by atoms with Gasteiger partial charge in [0.05, 0.1) is 0 Å². The standard InChI is InChI=1S/C24H32N6O.HI/c1-4-25-24(27-16-7-8-19-10-12-20(13-11-19)18(2)3)28-17-14-22-29-23(31-30-22)21-9-5-6-15-26-21;/h5-6,9-13,15,18H,4,7-8,14,16-17H2,1-3H3,(H2,25,27,28);1H. The Bertz CT molecular complexity index is 941. The molecule has 0 bridgehead atoms. The van der Waals surface area contributed by atoms with Gasteiger partial charge in [0, 0.05) is 32.3 Å². The zero-order chi connectivity index (χ0) is 21.9. The van der Waals surface area contributed by atoms with Gasteiger partial charge in [0.25, 0.3) is 5.89 Å². The molecule has 0 fully saturated rings. The Morgan fingerprint density at radius 3 is 2.56 bits per heavy atom. The molecule has 2 N–H and O–H groups in total. The molecule has 7 nitrogen and oxygen atoms in total. The fourth-order valence-electron chi connectivity index (χ4n) is 3.13. The minimum atomic E-state index is 0. The van der Waals surface area contributed by atoms with Crippen molar-refractivity contribution in [2.24, 2.45) is 4.99 Å². The summed E-state index contributed by atoms with van der Waals surface area (Å²) >= 11 is 0.